The van der Waals surface area contributed by atoms with Gasteiger partial charge in [0.05, 0.1) is 17.0 Å². The molecule has 0 aliphatic rings. The van der Waals surface area contributed by atoms with Crippen LogP contribution < -0.4 is 0 Å². The molecule has 1 aromatic rings. The number of para-hydroxylation sites is 1. The van der Waals surface area contributed by atoms with Crippen LogP contribution in [0.4, 0.5) is 0 Å². The van der Waals surface area contributed by atoms with E-state index < -0.39 is 0 Å². The minimum atomic E-state index is -0.205. The maximum absolute atomic E-state index is 12.0. The molecular weight excluding hydrogens is 286 g/mol. The van der Waals surface area contributed by atoms with Gasteiger partial charge in [-0.25, -0.2) is 0 Å². The van der Waals surface area contributed by atoms with E-state index in [1.165, 1.54) is 6.07 Å². The maximum atomic E-state index is 12.0. The first-order valence-electron chi connectivity index (χ1n) is 5.22. The highest BCUT2D eigenvalue weighted by atomic mass is 79.9. The molecule has 0 heterocycles. The van der Waals surface area contributed by atoms with Gasteiger partial charge in [-0.15, -0.1) is 0 Å². The highest BCUT2D eigenvalue weighted by Gasteiger charge is 2.17. The zero-order valence-electron chi connectivity index (χ0n) is 9.89. The molecule has 0 saturated carbocycles. The van der Waals surface area contributed by atoms with Crippen molar-refractivity contribution in [1.29, 1.82) is 0 Å². The SMILES string of the molecule is COCC(Br)CN(C)C(=O)c1ccccc1O. The van der Waals surface area contributed by atoms with E-state index in [-0.39, 0.29) is 16.5 Å². The van der Waals surface area contributed by atoms with Crippen molar-refractivity contribution in [2.45, 2.75) is 4.83 Å². The molecule has 0 aliphatic carbocycles. The van der Waals surface area contributed by atoms with E-state index in [9.17, 15) is 9.90 Å². The summed E-state index contributed by atoms with van der Waals surface area (Å²) >= 11 is 3.42. The molecule has 0 bridgehead atoms. The number of alkyl halides is 1. The van der Waals surface area contributed by atoms with Crippen LogP contribution >= 0.6 is 15.9 Å². The molecular formula is C12H16BrNO3. The number of ether oxygens (including phenoxy) is 1. The van der Waals surface area contributed by atoms with Crippen LogP contribution in [0.15, 0.2) is 24.3 Å². The first-order valence-corrected chi connectivity index (χ1v) is 6.14. The van der Waals surface area contributed by atoms with Gasteiger partial charge in [-0.2, -0.15) is 0 Å². The van der Waals surface area contributed by atoms with Gasteiger partial charge >= 0.3 is 0 Å². The number of amides is 1. The van der Waals surface area contributed by atoms with Gasteiger partial charge in [0.2, 0.25) is 0 Å². The summed E-state index contributed by atoms with van der Waals surface area (Å²) in [5.74, 6) is -0.203. The third-order valence-corrected chi connectivity index (χ3v) is 2.85. The molecule has 94 valence electrons. The highest BCUT2D eigenvalue weighted by Crippen LogP contribution is 2.17. The van der Waals surface area contributed by atoms with Gasteiger partial charge in [0.1, 0.15) is 5.75 Å². The Kier molecular flexibility index (Phi) is 5.44. The molecule has 0 saturated heterocycles. The van der Waals surface area contributed by atoms with Crippen molar-refractivity contribution in [2.24, 2.45) is 0 Å². The molecule has 4 nitrogen and oxygen atoms in total. The number of methoxy groups -OCH3 is 1. The van der Waals surface area contributed by atoms with E-state index in [1.807, 2.05) is 0 Å². The zero-order valence-corrected chi connectivity index (χ0v) is 11.5. The number of halogens is 1. The lowest BCUT2D eigenvalue weighted by Crippen LogP contribution is -2.33. The Balaban J connectivity index is 2.67. The van der Waals surface area contributed by atoms with Crippen molar-refractivity contribution in [2.75, 3.05) is 27.3 Å². The van der Waals surface area contributed by atoms with E-state index in [4.69, 9.17) is 4.74 Å². The standard InChI is InChI=1S/C12H16BrNO3/c1-14(7-9(13)8-17-2)12(16)10-5-3-4-6-11(10)15/h3-6,9,15H,7-8H2,1-2H3. The monoisotopic (exact) mass is 301 g/mol. The van der Waals surface area contributed by atoms with E-state index in [2.05, 4.69) is 15.9 Å². The number of rotatable bonds is 5. The summed E-state index contributed by atoms with van der Waals surface area (Å²) in [4.78, 5) is 13.6. The third kappa shape index (κ3) is 4.02. The number of hydrogen-bond acceptors (Lipinski definition) is 3. The van der Waals surface area contributed by atoms with Gasteiger partial charge in [-0.05, 0) is 12.1 Å². The molecule has 5 heteroatoms. The number of benzene rings is 1. The quantitative estimate of drug-likeness (QED) is 0.845. The van der Waals surface area contributed by atoms with E-state index in [0.717, 1.165) is 0 Å². The Morgan fingerprint density at radius 3 is 2.76 bits per heavy atom. The van der Waals surface area contributed by atoms with Gasteiger partial charge in [0.15, 0.2) is 0 Å². The van der Waals surface area contributed by atoms with Crippen LogP contribution in [0.1, 0.15) is 10.4 Å². The summed E-state index contributed by atoms with van der Waals surface area (Å²) in [5.41, 5.74) is 0.312. The van der Waals surface area contributed by atoms with Crippen molar-refractivity contribution in [3.63, 3.8) is 0 Å². The predicted molar refractivity (Wildman–Crippen MR) is 69.7 cm³/mol. The molecule has 0 radical (unpaired) electrons. The molecule has 1 N–H and O–H groups in total. The second-order valence-electron chi connectivity index (χ2n) is 3.76. The average molecular weight is 302 g/mol. The Morgan fingerprint density at radius 1 is 1.53 bits per heavy atom. The van der Waals surface area contributed by atoms with Crippen LogP contribution in [0.25, 0.3) is 0 Å². The smallest absolute Gasteiger partial charge is 0.257 e. The number of aromatic hydroxyl groups is 1. The molecule has 1 aromatic carbocycles. The maximum Gasteiger partial charge on any atom is 0.257 e. The van der Waals surface area contributed by atoms with Crippen LogP contribution in [0.3, 0.4) is 0 Å². The van der Waals surface area contributed by atoms with Crippen LogP contribution in [-0.2, 0) is 4.74 Å². The number of carbonyl (C=O) groups excluding carboxylic acids is 1. The van der Waals surface area contributed by atoms with Gasteiger partial charge < -0.3 is 14.7 Å². The fraction of sp³-hybridized carbons (Fsp3) is 0.417. The number of phenols is 1. The Labute approximate surface area is 109 Å². The molecule has 1 unspecified atom stereocenters. The second kappa shape index (κ2) is 6.61. The summed E-state index contributed by atoms with van der Waals surface area (Å²) in [7, 11) is 3.30. The van der Waals surface area contributed by atoms with Gasteiger partial charge in [-0.1, -0.05) is 28.1 Å². The van der Waals surface area contributed by atoms with Gasteiger partial charge in [0.25, 0.3) is 5.91 Å². The van der Waals surface area contributed by atoms with Crippen molar-refractivity contribution in [3.05, 3.63) is 29.8 Å². The van der Waals surface area contributed by atoms with Crippen LogP contribution in [0.2, 0.25) is 0 Å². The van der Waals surface area contributed by atoms with Gasteiger partial charge in [0, 0.05) is 20.7 Å². The molecule has 1 amide bonds. The van der Waals surface area contributed by atoms with E-state index in [1.54, 1.807) is 37.3 Å². The van der Waals surface area contributed by atoms with Gasteiger partial charge in [-0.3, -0.25) is 4.79 Å². The average Bonchev–Trinajstić information content (AvgIpc) is 2.29. The van der Waals surface area contributed by atoms with Crippen molar-refractivity contribution >= 4 is 21.8 Å². The largest absolute Gasteiger partial charge is 0.507 e. The van der Waals surface area contributed by atoms with E-state index in [0.29, 0.717) is 18.7 Å². The number of nitrogens with zero attached hydrogens (tertiary/aromatic N) is 1. The summed E-state index contributed by atoms with van der Waals surface area (Å²) in [5, 5.41) is 9.58. The van der Waals surface area contributed by atoms with Crippen molar-refractivity contribution in [3.8, 4) is 5.75 Å². The minimum Gasteiger partial charge on any atom is -0.507 e. The Hall–Kier alpha value is -1.07. The molecule has 0 aromatic heterocycles. The number of carbonyl (C=O) groups is 1. The third-order valence-electron chi connectivity index (χ3n) is 2.30. The topological polar surface area (TPSA) is 49.8 Å². The first-order chi connectivity index (χ1) is 8.06. The summed E-state index contributed by atoms with van der Waals surface area (Å²) in [6.45, 7) is 1.04. The second-order valence-corrected chi connectivity index (χ2v) is 5.05. The highest BCUT2D eigenvalue weighted by molar-refractivity contribution is 9.09. The van der Waals surface area contributed by atoms with Crippen molar-refractivity contribution < 1.29 is 14.6 Å². The van der Waals surface area contributed by atoms with E-state index >= 15 is 0 Å². The number of hydrogen-bond donors (Lipinski definition) is 1. The zero-order chi connectivity index (χ0) is 12.8. The lowest BCUT2D eigenvalue weighted by molar-refractivity contribution is 0.0781. The first kappa shape index (κ1) is 14.0. The normalized spacial score (nSPS) is 12.2. The fourth-order valence-corrected chi connectivity index (χ4v) is 2.17. The molecule has 17 heavy (non-hydrogen) atoms. The lowest BCUT2D eigenvalue weighted by Gasteiger charge is -2.20. The summed E-state index contributed by atoms with van der Waals surface area (Å²) < 4.78 is 4.98. The predicted octanol–water partition coefficient (Wildman–Crippen LogP) is 1.87. The summed E-state index contributed by atoms with van der Waals surface area (Å²) in [6.07, 6.45) is 0. The molecule has 0 fully saturated rings. The molecule has 0 spiro atoms. The van der Waals surface area contributed by atoms with Crippen molar-refractivity contribution in [1.82, 2.24) is 4.90 Å². The lowest BCUT2D eigenvalue weighted by atomic mass is 10.2. The van der Waals surface area contributed by atoms with Crippen LogP contribution in [0, 0.1) is 0 Å². The fourth-order valence-electron chi connectivity index (χ4n) is 1.47. The molecule has 0 aliphatic heterocycles. The number of phenolic OH excluding ortho intramolecular Hbond substituents is 1. The Bertz CT molecular complexity index is 384. The molecule has 1 rings (SSSR count). The molecule has 1 atom stereocenters. The van der Waals surface area contributed by atoms with Crippen LogP contribution in [-0.4, -0.2) is 48.0 Å². The van der Waals surface area contributed by atoms with Crippen LogP contribution in [0.5, 0.6) is 5.75 Å². The summed E-state index contributed by atoms with van der Waals surface area (Å²) in [6, 6.07) is 6.52. The Morgan fingerprint density at radius 2 is 2.18 bits per heavy atom. The minimum absolute atomic E-state index is 0.00205.